The van der Waals surface area contributed by atoms with E-state index in [-0.39, 0.29) is 38.8 Å². The van der Waals surface area contributed by atoms with Crippen LogP contribution in [0.1, 0.15) is 46.0 Å². The van der Waals surface area contributed by atoms with Crippen LogP contribution in [0.25, 0.3) is 0 Å². The molecule has 5 heterocycles. The third-order valence-electron chi connectivity index (χ3n) is 12.1. The summed E-state index contributed by atoms with van der Waals surface area (Å²) in [6.07, 6.45) is 2.51. The summed E-state index contributed by atoms with van der Waals surface area (Å²) in [4.78, 5) is 72.6. The molecule has 6 unspecified atom stereocenters. The van der Waals surface area contributed by atoms with Crippen molar-refractivity contribution >= 4 is 35.5 Å². The molecule has 314 valence electrons. The molecule has 5 aromatic rings. The molecular weight excluding hydrogens is 789 g/mol. The van der Waals surface area contributed by atoms with E-state index in [4.69, 9.17) is 15.2 Å². The largest absolute Gasteiger partial charge is 0.491 e. The van der Waals surface area contributed by atoms with Crippen LogP contribution in [0.15, 0.2) is 122 Å². The molecule has 0 bridgehead atoms. The number of hydrogen-bond donors (Lipinski definition) is 4. The molecule has 0 radical (unpaired) electrons. The number of morpholine rings is 1. The van der Waals surface area contributed by atoms with Gasteiger partial charge < -0.3 is 40.7 Å². The molecule has 0 aliphatic carbocycles. The number of rotatable bonds is 9. The summed E-state index contributed by atoms with van der Waals surface area (Å²) in [5.41, 5.74) is 7.19. The molecule has 3 fully saturated rings. The molecular formula is C47H44N8O7. The lowest BCUT2D eigenvalue weighted by atomic mass is 9.65. The van der Waals surface area contributed by atoms with Crippen molar-refractivity contribution in [3.63, 3.8) is 0 Å². The Balaban J connectivity index is 1.27. The van der Waals surface area contributed by atoms with Crippen molar-refractivity contribution in [2.75, 3.05) is 56.2 Å². The van der Waals surface area contributed by atoms with Crippen molar-refractivity contribution in [1.29, 1.82) is 0 Å². The summed E-state index contributed by atoms with van der Waals surface area (Å²) in [6, 6.07) is 29.9. The number of benzene rings is 4. The van der Waals surface area contributed by atoms with Crippen molar-refractivity contribution in [3.8, 4) is 17.6 Å². The topological polar surface area (TPSA) is 193 Å². The average Bonchev–Trinajstić information content (AvgIpc) is 3.79. The highest BCUT2D eigenvalue weighted by Gasteiger charge is 2.74. The number of hydrogen-bond acceptors (Lipinski definition) is 11. The number of aliphatic hydroxyl groups is 1. The number of urea groups is 1. The number of piperazine rings is 1. The van der Waals surface area contributed by atoms with Crippen LogP contribution in [0.3, 0.4) is 0 Å². The highest BCUT2D eigenvalue weighted by molar-refractivity contribution is 6.12. The number of nitrogens with two attached hydrogens (primary N) is 1. The molecule has 0 saturated carbocycles. The number of anilines is 2. The summed E-state index contributed by atoms with van der Waals surface area (Å²) in [6.45, 7) is 1.20. The maximum atomic E-state index is 15.8. The van der Waals surface area contributed by atoms with Gasteiger partial charge in [-0.25, -0.2) is 14.8 Å². The number of nitrogens with zero attached hydrogens (tertiary/aromatic N) is 5. The van der Waals surface area contributed by atoms with E-state index < -0.39 is 53.5 Å². The van der Waals surface area contributed by atoms with E-state index in [2.05, 4.69) is 32.4 Å². The number of fused-ring (bicyclic) bond motifs is 3. The molecule has 15 heteroatoms. The zero-order chi connectivity index (χ0) is 42.8. The first-order valence-electron chi connectivity index (χ1n) is 20.5. The van der Waals surface area contributed by atoms with Crippen LogP contribution >= 0.6 is 0 Å². The number of carbonyl (C=O) groups excluding carboxylic acids is 4. The Morgan fingerprint density at radius 2 is 1.58 bits per heavy atom. The summed E-state index contributed by atoms with van der Waals surface area (Å²) in [5, 5.41) is 15.3. The Morgan fingerprint density at radius 3 is 2.29 bits per heavy atom. The molecule has 4 aliphatic rings. The highest BCUT2D eigenvalue weighted by atomic mass is 16.6. The molecule has 4 aliphatic heterocycles. The number of esters is 1. The number of aliphatic hydroxyl groups excluding tert-OH is 1. The monoisotopic (exact) mass is 832 g/mol. The van der Waals surface area contributed by atoms with Crippen molar-refractivity contribution in [3.05, 3.63) is 149 Å². The number of cyclic esters (lactones) is 1. The number of nitrogens with one attached hydrogen (secondary N) is 2. The van der Waals surface area contributed by atoms with Crippen LogP contribution in [0, 0.1) is 17.8 Å². The lowest BCUT2D eigenvalue weighted by molar-refractivity contribution is -0.179. The van der Waals surface area contributed by atoms with Gasteiger partial charge >= 0.3 is 12.0 Å². The number of aromatic nitrogens is 2. The third-order valence-corrected chi connectivity index (χ3v) is 12.1. The molecule has 5 N–H and O–H groups in total. The highest BCUT2D eigenvalue weighted by Crippen LogP contribution is 2.65. The van der Waals surface area contributed by atoms with E-state index in [1.807, 2.05) is 82.6 Å². The Labute approximate surface area is 357 Å². The predicted octanol–water partition coefficient (Wildman–Crippen LogP) is 3.49. The predicted molar refractivity (Wildman–Crippen MR) is 227 cm³/mol. The van der Waals surface area contributed by atoms with Crippen molar-refractivity contribution < 1.29 is 33.8 Å². The quantitative estimate of drug-likeness (QED) is 0.126. The van der Waals surface area contributed by atoms with E-state index in [0.717, 1.165) is 11.1 Å². The maximum absolute atomic E-state index is 15.8. The standard InChI is InChI=1S/C47H44N8O7/c48-45(60)49-19-8-10-30-17-18-36-35(28-30)47(44(59)52-36)37(42(57)53-22-24-54(25-23-53)46-50-20-9-21-51-46)39-43(58)62-40(32-13-5-2-6-14-32)38(31-11-3-1-4-12-31)55(39)41(47)33-15-7-16-34(29-33)61-27-26-56/h1-7,9,11-18,20-21,28-29,37-41,56H,19,22-27H2,(H,52,59)(H3,48,49,60). The Kier molecular flexibility index (Phi) is 11.0. The normalized spacial score (nSPS) is 24.0. The van der Waals surface area contributed by atoms with Gasteiger partial charge in [-0.2, -0.15) is 0 Å². The minimum absolute atomic E-state index is 0.0135. The fourth-order valence-corrected chi connectivity index (χ4v) is 9.64. The molecule has 1 aromatic heterocycles. The third kappa shape index (κ3) is 7.12. The van der Waals surface area contributed by atoms with Gasteiger partial charge in [0.25, 0.3) is 0 Å². The molecule has 9 rings (SSSR count). The smallest absolute Gasteiger partial charge is 0.324 e. The number of primary amides is 1. The zero-order valence-electron chi connectivity index (χ0n) is 33.6. The second-order valence-electron chi connectivity index (χ2n) is 15.5. The molecule has 4 aromatic carbocycles. The lowest BCUT2D eigenvalue weighted by Crippen LogP contribution is -2.58. The first-order valence-corrected chi connectivity index (χ1v) is 20.5. The van der Waals surface area contributed by atoms with Gasteiger partial charge in [-0.05, 0) is 58.7 Å². The molecule has 15 nitrogen and oxygen atoms in total. The van der Waals surface area contributed by atoms with Crippen molar-refractivity contribution in [2.45, 2.75) is 29.6 Å². The van der Waals surface area contributed by atoms with Gasteiger partial charge in [0.15, 0.2) is 0 Å². The van der Waals surface area contributed by atoms with E-state index in [9.17, 15) is 9.90 Å². The maximum Gasteiger partial charge on any atom is 0.324 e. The van der Waals surface area contributed by atoms with Crippen LogP contribution in [-0.4, -0.2) is 101 Å². The molecule has 4 amide bonds. The Bertz CT molecular complexity index is 2550. The van der Waals surface area contributed by atoms with E-state index >= 15 is 14.4 Å². The lowest BCUT2D eigenvalue weighted by Gasteiger charge is -2.46. The van der Waals surface area contributed by atoms with Gasteiger partial charge in [-0.1, -0.05) is 84.6 Å². The van der Waals surface area contributed by atoms with Gasteiger partial charge in [0.2, 0.25) is 17.8 Å². The SMILES string of the molecule is NC(=O)NCC#Cc1ccc2c(c1)C1(C(=O)N2)C(C(=O)N2CCN(c3ncccn3)CC2)C2C(=O)OC(c3ccccc3)C(c3ccccc3)N2C1c1cccc(OCCO)c1. The van der Waals surface area contributed by atoms with Gasteiger partial charge in [-0.15, -0.1) is 0 Å². The molecule has 62 heavy (non-hydrogen) atoms. The second kappa shape index (κ2) is 17.0. The minimum Gasteiger partial charge on any atom is -0.491 e. The summed E-state index contributed by atoms with van der Waals surface area (Å²) < 4.78 is 12.5. The molecule has 6 atom stereocenters. The van der Waals surface area contributed by atoms with E-state index in [1.54, 1.807) is 53.7 Å². The zero-order valence-corrected chi connectivity index (χ0v) is 33.6. The van der Waals surface area contributed by atoms with Crippen molar-refractivity contribution in [2.24, 2.45) is 11.7 Å². The van der Waals surface area contributed by atoms with Crippen LogP contribution in [0.4, 0.5) is 16.4 Å². The van der Waals surface area contributed by atoms with Crippen LogP contribution in [0.2, 0.25) is 0 Å². The van der Waals surface area contributed by atoms with E-state index in [1.165, 1.54) is 0 Å². The summed E-state index contributed by atoms with van der Waals surface area (Å²) in [5.74, 6) is 4.21. The van der Waals surface area contributed by atoms with Crippen LogP contribution < -0.4 is 26.0 Å². The molecule has 3 saturated heterocycles. The fraction of sp³-hybridized carbons (Fsp3) is 0.277. The van der Waals surface area contributed by atoms with E-state index in [0.29, 0.717) is 47.2 Å². The Morgan fingerprint density at radius 1 is 0.871 bits per heavy atom. The summed E-state index contributed by atoms with van der Waals surface area (Å²) in [7, 11) is 0. The number of amides is 4. The van der Waals surface area contributed by atoms with Gasteiger partial charge in [0.05, 0.1) is 31.2 Å². The summed E-state index contributed by atoms with van der Waals surface area (Å²) >= 11 is 0. The minimum atomic E-state index is -1.74. The van der Waals surface area contributed by atoms with Gasteiger partial charge in [0, 0.05) is 49.8 Å². The number of carbonyl (C=O) groups is 4. The van der Waals surface area contributed by atoms with Crippen LogP contribution in [-0.2, 0) is 24.5 Å². The van der Waals surface area contributed by atoms with Crippen molar-refractivity contribution in [1.82, 2.24) is 25.1 Å². The number of ether oxygens (including phenoxy) is 2. The first kappa shape index (κ1) is 40.1. The average molecular weight is 833 g/mol. The van der Waals surface area contributed by atoms with Gasteiger partial charge in [0.1, 0.15) is 29.9 Å². The fourth-order valence-electron chi connectivity index (χ4n) is 9.64. The first-order chi connectivity index (χ1) is 30.3. The second-order valence-corrected chi connectivity index (χ2v) is 15.5. The molecule has 1 spiro atoms. The Hall–Kier alpha value is -7.28. The van der Waals surface area contributed by atoms with Crippen LogP contribution in [0.5, 0.6) is 5.75 Å². The van der Waals surface area contributed by atoms with Gasteiger partial charge in [-0.3, -0.25) is 19.3 Å².